The van der Waals surface area contributed by atoms with E-state index in [2.05, 4.69) is 24.6 Å². The zero-order valence-corrected chi connectivity index (χ0v) is 17.5. The van der Waals surface area contributed by atoms with Crippen LogP contribution in [0.15, 0.2) is 29.2 Å². The quantitative estimate of drug-likeness (QED) is 0.754. The van der Waals surface area contributed by atoms with Gasteiger partial charge in [0.15, 0.2) is 5.82 Å². The van der Waals surface area contributed by atoms with Crippen molar-refractivity contribution in [3.05, 3.63) is 35.7 Å². The molecule has 0 amide bonds. The largest absolute Gasteiger partial charge is 0.347 e. The van der Waals surface area contributed by atoms with Gasteiger partial charge in [-0.3, -0.25) is 0 Å². The third kappa shape index (κ3) is 4.96. The molecule has 28 heavy (non-hydrogen) atoms. The minimum Gasteiger partial charge on any atom is -0.347 e. The van der Waals surface area contributed by atoms with Crippen molar-refractivity contribution in [3.8, 4) is 0 Å². The van der Waals surface area contributed by atoms with E-state index < -0.39 is 10.0 Å². The summed E-state index contributed by atoms with van der Waals surface area (Å²) in [7, 11) is 0.0875. The number of aryl methyl sites for hydroxylation is 1. The summed E-state index contributed by atoms with van der Waals surface area (Å²) < 4.78 is 27.8. The van der Waals surface area contributed by atoms with E-state index in [1.54, 1.807) is 17.0 Å². The van der Waals surface area contributed by atoms with Crippen LogP contribution in [-0.2, 0) is 23.0 Å². The minimum absolute atomic E-state index is 0.0159. The van der Waals surface area contributed by atoms with E-state index >= 15 is 0 Å². The lowest BCUT2D eigenvalue weighted by Gasteiger charge is -2.27. The van der Waals surface area contributed by atoms with Crippen molar-refractivity contribution in [1.29, 1.82) is 0 Å². The molecule has 3 rings (SSSR count). The predicted molar refractivity (Wildman–Crippen MR) is 110 cm³/mol. The topological polar surface area (TPSA) is 91.3 Å². The van der Waals surface area contributed by atoms with Crippen LogP contribution in [0.25, 0.3) is 0 Å². The zero-order valence-electron chi connectivity index (χ0n) is 16.7. The number of hydrogen-bond donors (Lipinski definition) is 1. The van der Waals surface area contributed by atoms with Crippen molar-refractivity contribution in [2.45, 2.75) is 44.0 Å². The fourth-order valence-corrected chi connectivity index (χ4v) is 4.04. The highest BCUT2D eigenvalue weighted by molar-refractivity contribution is 7.89. The summed E-state index contributed by atoms with van der Waals surface area (Å²) in [5.74, 6) is 1.55. The first-order valence-corrected chi connectivity index (χ1v) is 11.1. The first-order chi connectivity index (χ1) is 13.4. The highest BCUT2D eigenvalue weighted by Gasteiger charge is 2.19. The average Bonchev–Trinajstić information content (AvgIpc) is 2.73. The Bertz CT molecular complexity index is 893. The Balaban J connectivity index is 1.79. The number of anilines is 2. The third-order valence-electron chi connectivity index (χ3n) is 4.76. The average molecular weight is 405 g/mol. The summed E-state index contributed by atoms with van der Waals surface area (Å²) in [6.45, 7) is 3.87. The summed E-state index contributed by atoms with van der Waals surface area (Å²) in [4.78, 5) is 17.6. The van der Waals surface area contributed by atoms with Gasteiger partial charge in [0.05, 0.1) is 11.4 Å². The molecule has 0 radical (unpaired) electrons. The van der Waals surface area contributed by atoms with Crippen molar-refractivity contribution in [3.63, 3.8) is 0 Å². The van der Waals surface area contributed by atoms with E-state index in [1.165, 1.54) is 6.42 Å². The van der Waals surface area contributed by atoms with Crippen LogP contribution in [0, 0.1) is 0 Å². The lowest BCUT2D eigenvalue weighted by Crippen LogP contribution is -2.33. The lowest BCUT2D eigenvalue weighted by atomic mass is 10.1. The molecule has 1 N–H and O–H groups in total. The molecule has 1 fully saturated rings. The number of sulfonamides is 1. The van der Waals surface area contributed by atoms with E-state index in [9.17, 15) is 8.42 Å². The molecule has 152 valence electrons. The molecule has 0 spiro atoms. The van der Waals surface area contributed by atoms with Gasteiger partial charge in [0, 0.05) is 27.2 Å². The first kappa shape index (κ1) is 20.5. The SMILES string of the molecule is CCc1ccc(S(=O)(=O)NCc2nc(N(C)C)nc(N3CCCCC3)n2)cc1. The van der Waals surface area contributed by atoms with Gasteiger partial charge in [0.25, 0.3) is 0 Å². The van der Waals surface area contributed by atoms with Gasteiger partial charge < -0.3 is 9.80 Å². The van der Waals surface area contributed by atoms with E-state index in [0.717, 1.165) is 37.9 Å². The fraction of sp³-hybridized carbons (Fsp3) is 0.526. The minimum atomic E-state index is -3.63. The molecule has 1 saturated heterocycles. The maximum atomic E-state index is 12.6. The van der Waals surface area contributed by atoms with E-state index in [4.69, 9.17) is 0 Å². The molecule has 0 bridgehead atoms. The van der Waals surface area contributed by atoms with Gasteiger partial charge in [-0.1, -0.05) is 19.1 Å². The summed E-state index contributed by atoms with van der Waals surface area (Å²) in [5, 5.41) is 0. The second kappa shape index (κ2) is 8.83. The number of piperidine rings is 1. The van der Waals surface area contributed by atoms with Crippen LogP contribution in [-0.4, -0.2) is 50.6 Å². The van der Waals surface area contributed by atoms with Gasteiger partial charge in [-0.05, 0) is 43.4 Å². The standard InChI is InChI=1S/C19H28N6O2S/c1-4-15-8-10-16(11-9-15)28(26,27)20-14-17-21-18(24(2)3)23-19(22-17)25-12-6-5-7-13-25/h8-11,20H,4-7,12-14H2,1-3H3. The molecule has 1 aromatic heterocycles. The van der Waals surface area contributed by atoms with Crippen LogP contribution in [0.2, 0.25) is 0 Å². The number of nitrogens with zero attached hydrogens (tertiary/aromatic N) is 5. The Morgan fingerprint density at radius 2 is 1.71 bits per heavy atom. The monoisotopic (exact) mass is 404 g/mol. The Kier molecular flexibility index (Phi) is 6.46. The Labute approximate surface area is 167 Å². The zero-order chi connectivity index (χ0) is 20.1. The summed E-state index contributed by atoms with van der Waals surface area (Å²) in [6, 6.07) is 6.91. The van der Waals surface area contributed by atoms with Crippen molar-refractivity contribution < 1.29 is 8.42 Å². The van der Waals surface area contributed by atoms with Crippen LogP contribution in [0.5, 0.6) is 0 Å². The van der Waals surface area contributed by atoms with Gasteiger partial charge in [-0.25, -0.2) is 13.1 Å². The highest BCUT2D eigenvalue weighted by Crippen LogP contribution is 2.18. The number of nitrogens with one attached hydrogen (secondary N) is 1. The molecule has 0 unspecified atom stereocenters. The maximum absolute atomic E-state index is 12.6. The van der Waals surface area contributed by atoms with E-state index in [-0.39, 0.29) is 11.4 Å². The van der Waals surface area contributed by atoms with Gasteiger partial charge in [0.1, 0.15) is 0 Å². The Morgan fingerprint density at radius 3 is 2.32 bits per heavy atom. The summed E-state index contributed by atoms with van der Waals surface area (Å²) in [6.07, 6.45) is 4.30. The molecular formula is C19H28N6O2S. The van der Waals surface area contributed by atoms with Crippen LogP contribution in [0.1, 0.15) is 37.6 Å². The van der Waals surface area contributed by atoms with Crippen LogP contribution in [0.3, 0.4) is 0 Å². The molecule has 1 aliphatic heterocycles. The maximum Gasteiger partial charge on any atom is 0.240 e. The van der Waals surface area contributed by atoms with Crippen molar-refractivity contribution in [1.82, 2.24) is 19.7 Å². The lowest BCUT2D eigenvalue weighted by molar-refractivity contribution is 0.563. The van der Waals surface area contributed by atoms with Crippen LogP contribution >= 0.6 is 0 Å². The van der Waals surface area contributed by atoms with Gasteiger partial charge in [-0.2, -0.15) is 15.0 Å². The number of aromatic nitrogens is 3. The molecular weight excluding hydrogens is 376 g/mol. The molecule has 0 aliphatic carbocycles. The van der Waals surface area contributed by atoms with Crippen molar-refractivity contribution in [2.24, 2.45) is 0 Å². The Morgan fingerprint density at radius 1 is 1.04 bits per heavy atom. The molecule has 2 aromatic rings. The molecule has 1 aromatic carbocycles. The van der Waals surface area contributed by atoms with E-state index in [1.807, 2.05) is 33.2 Å². The first-order valence-electron chi connectivity index (χ1n) is 9.65. The van der Waals surface area contributed by atoms with Crippen LogP contribution in [0.4, 0.5) is 11.9 Å². The number of rotatable bonds is 7. The number of benzene rings is 1. The smallest absolute Gasteiger partial charge is 0.240 e. The van der Waals surface area contributed by atoms with Crippen molar-refractivity contribution >= 4 is 21.9 Å². The van der Waals surface area contributed by atoms with Gasteiger partial charge >= 0.3 is 0 Å². The molecule has 9 heteroatoms. The predicted octanol–water partition coefficient (Wildman–Crippen LogP) is 1.97. The molecule has 0 atom stereocenters. The molecule has 0 saturated carbocycles. The van der Waals surface area contributed by atoms with Crippen molar-refractivity contribution in [2.75, 3.05) is 37.0 Å². The van der Waals surface area contributed by atoms with E-state index in [0.29, 0.717) is 17.7 Å². The summed E-state index contributed by atoms with van der Waals surface area (Å²) in [5.41, 5.74) is 1.10. The molecule has 8 nitrogen and oxygen atoms in total. The second-order valence-corrected chi connectivity index (χ2v) is 8.88. The second-order valence-electron chi connectivity index (χ2n) is 7.12. The Hall–Kier alpha value is -2.26. The molecule has 2 heterocycles. The molecule has 1 aliphatic rings. The third-order valence-corrected chi connectivity index (χ3v) is 6.18. The normalized spacial score (nSPS) is 14.9. The highest BCUT2D eigenvalue weighted by atomic mass is 32.2. The fourth-order valence-electron chi connectivity index (χ4n) is 3.06. The van der Waals surface area contributed by atoms with Gasteiger partial charge in [0.2, 0.25) is 21.9 Å². The summed E-state index contributed by atoms with van der Waals surface area (Å²) >= 11 is 0. The van der Waals surface area contributed by atoms with Gasteiger partial charge in [-0.15, -0.1) is 0 Å². The number of hydrogen-bond acceptors (Lipinski definition) is 7. The van der Waals surface area contributed by atoms with Crippen LogP contribution < -0.4 is 14.5 Å².